The summed E-state index contributed by atoms with van der Waals surface area (Å²) in [6.45, 7) is 8.65. The zero-order chi connectivity index (χ0) is 12.2. The summed E-state index contributed by atoms with van der Waals surface area (Å²) in [6.07, 6.45) is 3.18. The fourth-order valence-electron chi connectivity index (χ4n) is 2.32. The van der Waals surface area contributed by atoms with Crippen LogP contribution >= 0.6 is 0 Å². The predicted molar refractivity (Wildman–Crippen MR) is 68.4 cm³/mol. The highest BCUT2D eigenvalue weighted by Crippen LogP contribution is 2.19. The Labute approximate surface area is 100 Å². The van der Waals surface area contributed by atoms with Gasteiger partial charge in [0.1, 0.15) is 0 Å². The minimum atomic E-state index is -2.74. The molecule has 16 heavy (non-hydrogen) atoms. The molecule has 1 saturated heterocycles. The molecule has 0 aromatic rings. The van der Waals surface area contributed by atoms with Crippen molar-refractivity contribution >= 4 is 9.84 Å². The number of rotatable bonds is 6. The number of nitrogens with zero attached hydrogens (tertiary/aromatic N) is 1. The van der Waals surface area contributed by atoms with Crippen LogP contribution in [0.3, 0.4) is 0 Å². The van der Waals surface area contributed by atoms with Crippen LogP contribution in [0.4, 0.5) is 0 Å². The van der Waals surface area contributed by atoms with Crippen molar-refractivity contribution < 1.29 is 8.42 Å². The quantitative estimate of drug-likeness (QED) is 0.720. The third-order valence-corrected chi connectivity index (χ3v) is 4.87. The SMILES string of the molecule is CCCCN(CC(C)C)C1CCS(=O)(=O)C1. The third-order valence-electron chi connectivity index (χ3n) is 3.12. The van der Waals surface area contributed by atoms with Gasteiger partial charge < -0.3 is 0 Å². The molecule has 1 aliphatic rings. The van der Waals surface area contributed by atoms with Crippen molar-refractivity contribution in [2.45, 2.75) is 46.1 Å². The molecule has 1 rings (SSSR count). The smallest absolute Gasteiger partial charge is 0.151 e. The van der Waals surface area contributed by atoms with Crippen LogP contribution in [0.25, 0.3) is 0 Å². The second-order valence-electron chi connectivity index (χ2n) is 5.30. The molecule has 1 fully saturated rings. The van der Waals surface area contributed by atoms with Crippen LogP contribution in [0, 0.1) is 5.92 Å². The van der Waals surface area contributed by atoms with E-state index in [2.05, 4.69) is 25.7 Å². The van der Waals surface area contributed by atoms with Crippen LogP contribution < -0.4 is 0 Å². The fraction of sp³-hybridized carbons (Fsp3) is 1.00. The Kier molecular flexibility index (Phi) is 5.25. The molecular weight excluding hydrogens is 222 g/mol. The first kappa shape index (κ1) is 14.0. The molecule has 3 nitrogen and oxygen atoms in total. The number of unbranched alkanes of at least 4 members (excludes halogenated alkanes) is 1. The average molecular weight is 247 g/mol. The van der Waals surface area contributed by atoms with E-state index in [4.69, 9.17) is 0 Å². The lowest BCUT2D eigenvalue weighted by Gasteiger charge is -2.29. The van der Waals surface area contributed by atoms with Crippen molar-refractivity contribution in [3.8, 4) is 0 Å². The lowest BCUT2D eigenvalue weighted by Crippen LogP contribution is -2.39. The summed E-state index contributed by atoms with van der Waals surface area (Å²) in [5.41, 5.74) is 0. The second-order valence-corrected chi connectivity index (χ2v) is 7.53. The van der Waals surface area contributed by atoms with Crippen LogP contribution in [0.15, 0.2) is 0 Å². The lowest BCUT2D eigenvalue weighted by molar-refractivity contribution is 0.187. The van der Waals surface area contributed by atoms with Gasteiger partial charge in [-0.25, -0.2) is 8.42 Å². The first-order chi connectivity index (χ1) is 7.44. The summed E-state index contributed by atoms with van der Waals surface area (Å²) in [7, 11) is -2.74. The number of hydrogen-bond acceptors (Lipinski definition) is 3. The van der Waals surface area contributed by atoms with E-state index in [9.17, 15) is 8.42 Å². The average Bonchev–Trinajstić information content (AvgIpc) is 2.52. The van der Waals surface area contributed by atoms with Gasteiger partial charge in [0, 0.05) is 12.6 Å². The number of hydrogen-bond donors (Lipinski definition) is 0. The maximum atomic E-state index is 11.5. The zero-order valence-corrected chi connectivity index (χ0v) is 11.6. The van der Waals surface area contributed by atoms with E-state index < -0.39 is 9.84 Å². The lowest BCUT2D eigenvalue weighted by atomic mass is 10.1. The Bertz CT molecular complexity index is 298. The normalized spacial score (nSPS) is 24.4. The van der Waals surface area contributed by atoms with Crippen molar-refractivity contribution in [1.29, 1.82) is 0 Å². The summed E-state index contributed by atoms with van der Waals surface area (Å²) in [5, 5.41) is 0. The van der Waals surface area contributed by atoms with Gasteiger partial charge in [-0.1, -0.05) is 27.2 Å². The van der Waals surface area contributed by atoms with Crippen molar-refractivity contribution in [2.75, 3.05) is 24.6 Å². The van der Waals surface area contributed by atoms with E-state index in [1.165, 1.54) is 12.8 Å². The highest BCUT2D eigenvalue weighted by Gasteiger charge is 2.31. The summed E-state index contributed by atoms with van der Waals surface area (Å²) in [6, 6.07) is 0.277. The minimum Gasteiger partial charge on any atom is -0.299 e. The maximum absolute atomic E-state index is 11.5. The summed E-state index contributed by atoms with van der Waals surface area (Å²) < 4.78 is 23.0. The Morgan fingerprint density at radius 2 is 2.06 bits per heavy atom. The third kappa shape index (κ3) is 4.42. The molecule has 0 spiro atoms. The molecule has 96 valence electrons. The maximum Gasteiger partial charge on any atom is 0.151 e. The molecule has 0 N–H and O–H groups in total. The topological polar surface area (TPSA) is 37.4 Å². The van der Waals surface area contributed by atoms with E-state index in [0.29, 0.717) is 17.4 Å². The van der Waals surface area contributed by atoms with Gasteiger partial charge in [0.15, 0.2) is 9.84 Å². The van der Waals surface area contributed by atoms with E-state index in [-0.39, 0.29) is 6.04 Å². The molecule has 1 heterocycles. The van der Waals surface area contributed by atoms with E-state index in [0.717, 1.165) is 19.5 Å². The van der Waals surface area contributed by atoms with Crippen molar-refractivity contribution in [2.24, 2.45) is 5.92 Å². The van der Waals surface area contributed by atoms with Crippen LogP contribution in [0.2, 0.25) is 0 Å². The van der Waals surface area contributed by atoms with Gasteiger partial charge in [-0.15, -0.1) is 0 Å². The molecule has 1 atom stereocenters. The summed E-state index contributed by atoms with van der Waals surface area (Å²) in [5.74, 6) is 1.38. The second kappa shape index (κ2) is 6.01. The van der Waals surface area contributed by atoms with Gasteiger partial charge in [0.25, 0.3) is 0 Å². The Hall–Kier alpha value is -0.0900. The minimum absolute atomic E-state index is 0.277. The van der Waals surface area contributed by atoms with Gasteiger partial charge >= 0.3 is 0 Å². The molecule has 4 heteroatoms. The van der Waals surface area contributed by atoms with E-state index in [1.807, 2.05) is 0 Å². The molecule has 0 amide bonds. The summed E-state index contributed by atoms with van der Waals surface area (Å²) >= 11 is 0. The monoisotopic (exact) mass is 247 g/mol. The van der Waals surface area contributed by atoms with Crippen molar-refractivity contribution in [1.82, 2.24) is 4.90 Å². The molecular formula is C12H25NO2S. The molecule has 0 aromatic heterocycles. The molecule has 0 radical (unpaired) electrons. The number of sulfone groups is 1. The first-order valence-electron chi connectivity index (χ1n) is 6.39. The molecule has 0 aliphatic carbocycles. The van der Waals surface area contributed by atoms with Gasteiger partial charge in [0.05, 0.1) is 11.5 Å². The van der Waals surface area contributed by atoms with Crippen LogP contribution in [0.1, 0.15) is 40.0 Å². The van der Waals surface area contributed by atoms with Crippen LogP contribution in [-0.4, -0.2) is 44.0 Å². The van der Waals surface area contributed by atoms with Gasteiger partial charge in [0.2, 0.25) is 0 Å². The van der Waals surface area contributed by atoms with E-state index >= 15 is 0 Å². The highest BCUT2D eigenvalue weighted by molar-refractivity contribution is 7.91. The predicted octanol–water partition coefficient (Wildman–Crippen LogP) is 1.93. The first-order valence-corrected chi connectivity index (χ1v) is 8.21. The van der Waals surface area contributed by atoms with Gasteiger partial charge in [-0.3, -0.25) is 4.90 Å². The highest BCUT2D eigenvalue weighted by atomic mass is 32.2. The van der Waals surface area contributed by atoms with Gasteiger partial charge in [-0.2, -0.15) is 0 Å². The Morgan fingerprint density at radius 1 is 1.38 bits per heavy atom. The van der Waals surface area contributed by atoms with Crippen molar-refractivity contribution in [3.05, 3.63) is 0 Å². The van der Waals surface area contributed by atoms with Crippen LogP contribution in [0.5, 0.6) is 0 Å². The standard InChI is InChI=1S/C12H25NO2S/c1-4-5-7-13(9-11(2)3)12-6-8-16(14,15)10-12/h11-12H,4-10H2,1-3H3. The largest absolute Gasteiger partial charge is 0.299 e. The van der Waals surface area contributed by atoms with Crippen molar-refractivity contribution in [3.63, 3.8) is 0 Å². The molecule has 1 aliphatic heterocycles. The fourth-order valence-corrected chi connectivity index (χ4v) is 4.08. The van der Waals surface area contributed by atoms with Crippen LogP contribution in [-0.2, 0) is 9.84 Å². The molecule has 0 aromatic carbocycles. The Balaban J connectivity index is 2.55. The molecule has 1 unspecified atom stereocenters. The Morgan fingerprint density at radius 3 is 2.50 bits per heavy atom. The zero-order valence-electron chi connectivity index (χ0n) is 10.8. The van der Waals surface area contributed by atoms with E-state index in [1.54, 1.807) is 0 Å². The molecule has 0 saturated carbocycles. The molecule has 0 bridgehead atoms. The van der Waals surface area contributed by atoms with Gasteiger partial charge in [-0.05, 0) is 25.3 Å². The summed E-state index contributed by atoms with van der Waals surface area (Å²) in [4.78, 5) is 2.39.